The molecule has 2 atom stereocenters. The first-order valence-corrected chi connectivity index (χ1v) is 9.09. The summed E-state index contributed by atoms with van der Waals surface area (Å²) in [5.74, 6) is -1.21. The van der Waals surface area contributed by atoms with Gasteiger partial charge in [-0.1, -0.05) is 42.5 Å². The van der Waals surface area contributed by atoms with Crippen LogP contribution in [-0.4, -0.2) is 35.7 Å². The van der Waals surface area contributed by atoms with Crippen LogP contribution >= 0.6 is 0 Å². The number of nitriles is 1. The van der Waals surface area contributed by atoms with Crippen molar-refractivity contribution in [2.75, 3.05) is 6.61 Å². The molecule has 2 aromatic rings. The van der Waals surface area contributed by atoms with Crippen LogP contribution in [-0.2, 0) is 25.7 Å². The Hall–Kier alpha value is -3.63. The fourth-order valence-corrected chi connectivity index (χ4v) is 2.86. The zero-order valence-corrected chi connectivity index (χ0v) is 15.6. The number of rotatable bonds is 8. The van der Waals surface area contributed by atoms with Crippen molar-refractivity contribution in [1.82, 2.24) is 5.32 Å². The number of carbonyl (C=O) groups excluding carboxylic acids is 1. The van der Waals surface area contributed by atoms with Gasteiger partial charge in [-0.2, -0.15) is 5.26 Å². The number of nitrogens with zero attached hydrogens (tertiary/aromatic N) is 1. The standard InChI is InChI=1S/C22H20N2O5/c23-12-16-7-4-8-17(11-16)19-9-10-20(29-19)21(25)24-18(22(26)27)14-28-13-15-5-2-1-3-6-15/h1-9,11,18,20H,10,13-14H2,(H,24,25)(H,26,27). The largest absolute Gasteiger partial charge is 0.480 e. The topological polar surface area (TPSA) is 109 Å². The summed E-state index contributed by atoms with van der Waals surface area (Å²) in [5.41, 5.74) is 2.09. The first kappa shape index (κ1) is 20.1. The van der Waals surface area contributed by atoms with Gasteiger partial charge in [-0.25, -0.2) is 4.79 Å². The number of ether oxygens (including phenoxy) is 2. The monoisotopic (exact) mass is 392 g/mol. The highest BCUT2D eigenvalue weighted by atomic mass is 16.5. The number of carboxylic acids is 1. The van der Waals surface area contributed by atoms with Gasteiger partial charge in [0.05, 0.1) is 24.8 Å². The Morgan fingerprint density at radius 1 is 1.24 bits per heavy atom. The Kier molecular flexibility index (Phi) is 6.61. The summed E-state index contributed by atoms with van der Waals surface area (Å²) in [4.78, 5) is 23.9. The van der Waals surface area contributed by atoms with E-state index in [2.05, 4.69) is 11.4 Å². The number of carboxylic acid groups (broad SMARTS) is 1. The van der Waals surface area contributed by atoms with E-state index in [4.69, 9.17) is 14.7 Å². The molecule has 0 spiro atoms. The molecule has 3 rings (SSSR count). The molecule has 2 N–H and O–H groups in total. The van der Waals surface area contributed by atoms with E-state index in [-0.39, 0.29) is 13.2 Å². The van der Waals surface area contributed by atoms with Gasteiger partial charge in [0.15, 0.2) is 12.1 Å². The van der Waals surface area contributed by atoms with Crippen molar-refractivity contribution in [3.05, 3.63) is 77.4 Å². The van der Waals surface area contributed by atoms with Crippen LogP contribution in [0.15, 0.2) is 60.7 Å². The van der Waals surface area contributed by atoms with E-state index >= 15 is 0 Å². The SMILES string of the molecule is N#Cc1cccc(C2=CCC(C(=O)NC(COCc3ccccc3)C(=O)O)O2)c1. The lowest BCUT2D eigenvalue weighted by Crippen LogP contribution is -2.47. The van der Waals surface area contributed by atoms with Crippen LogP contribution in [0, 0.1) is 11.3 Å². The maximum absolute atomic E-state index is 12.5. The van der Waals surface area contributed by atoms with Crippen molar-refractivity contribution in [3.63, 3.8) is 0 Å². The maximum Gasteiger partial charge on any atom is 0.328 e. The molecule has 0 radical (unpaired) electrons. The number of amides is 1. The molecule has 0 fully saturated rings. The second-order valence-corrected chi connectivity index (χ2v) is 6.50. The number of hydrogen-bond donors (Lipinski definition) is 2. The minimum absolute atomic E-state index is 0.160. The Labute approximate surface area is 168 Å². The predicted molar refractivity (Wildman–Crippen MR) is 104 cm³/mol. The first-order chi connectivity index (χ1) is 14.1. The van der Waals surface area contributed by atoms with Crippen LogP contribution in [0.5, 0.6) is 0 Å². The Morgan fingerprint density at radius 2 is 2.03 bits per heavy atom. The summed E-state index contributed by atoms with van der Waals surface area (Å²) >= 11 is 0. The molecule has 0 aromatic heterocycles. The molecule has 2 unspecified atom stereocenters. The molecule has 1 aliphatic rings. The molecule has 29 heavy (non-hydrogen) atoms. The third-order valence-corrected chi connectivity index (χ3v) is 4.37. The van der Waals surface area contributed by atoms with Gasteiger partial charge in [-0.3, -0.25) is 4.79 Å². The highest BCUT2D eigenvalue weighted by molar-refractivity contribution is 5.88. The van der Waals surface area contributed by atoms with E-state index in [0.29, 0.717) is 23.3 Å². The van der Waals surface area contributed by atoms with Gasteiger partial charge in [-0.05, 0) is 23.8 Å². The van der Waals surface area contributed by atoms with E-state index in [1.165, 1.54) is 0 Å². The molecule has 0 bridgehead atoms. The lowest BCUT2D eigenvalue weighted by Gasteiger charge is -2.18. The van der Waals surface area contributed by atoms with Gasteiger partial charge in [0, 0.05) is 12.0 Å². The van der Waals surface area contributed by atoms with Gasteiger partial charge in [0.1, 0.15) is 5.76 Å². The third-order valence-electron chi connectivity index (χ3n) is 4.37. The van der Waals surface area contributed by atoms with E-state index in [9.17, 15) is 14.7 Å². The smallest absolute Gasteiger partial charge is 0.328 e. The minimum Gasteiger partial charge on any atom is -0.480 e. The first-order valence-electron chi connectivity index (χ1n) is 9.09. The van der Waals surface area contributed by atoms with Crippen molar-refractivity contribution in [3.8, 4) is 6.07 Å². The van der Waals surface area contributed by atoms with Gasteiger partial charge in [0.2, 0.25) is 0 Å². The summed E-state index contributed by atoms with van der Waals surface area (Å²) in [6, 6.07) is 17.1. The third kappa shape index (κ3) is 5.43. The maximum atomic E-state index is 12.5. The molecule has 1 amide bonds. The Morgan fingerprint density at radius 3 is 2.76 bits per heavy atom. The van der Waals surface area contributed by atoms with Crippen molar-refractivity contribution < 1.29 is 24.2 Å². The molecule has 1 heterocycles. The van der Waals surface area contributed by atoms with E-state index in [1.54, 1.807) is 30.3 Å². The van der Waals surface area contributed by atoms with Crippen LogP contribution in [0.2, 0.25) is 0 Å². The summed E-state index contributed by atoms with van der Waals surface area (Å²) in [6.45, 7) is 0.0918. The van der Waals surface area contributed by atoms with Crippen molar-refractivity contribution >= 4 is 17.6 Å². The van der Waals surface area contributed by atoms with Crippen molar-refractivity contribution in [1.29, 1.82) is 5.26 Å². The second-order valence-electron chi connectivity index (χ2n) is 6.50. The van der Waals surface area contributed by atoms with Crippen LogP contribution in [0.4, 0.5) is 0 Å². The molecule has 2 aromatic carbocycles. The van der Waals surface area contributed by atoms with Crippen LogP contribution in [0.1, 0.15) is 23.1 Å². The zero-order valence-electron chi connectivity index (χ0n) is 15.6. The van der Waals surface area contributed by atoms with Gasteiger partial charge < -0.3 is 19.9 Å². The van der Waals surface area contributed by atoms with Gasteiger partial charge in [0.25, 0.3) is 5.91 Å². The molecular weight excluding hydrogens is 372 g/mol. The quantitative estimate of drug-likeness (QED) is 0.714. The highest BCUT2D eigenvalue weighted by Crippen LogP contribution is 2.27. The Balaban J connectivity index is 1.52. The normalized spacial score (nSPS) is 16.2. The van der Waals surface area contributed by atoms with E-state index in [1.807, 2.05) is 30.3 Å². The molecule has 1 aliphatic heterocycles. The van der Waals surface area contributed by atoms with Crippen LogP contribution in [0.25, 0.3) is 5.76 Å². The second kappa shape index (κ2) is 9.53. The molecule has 0 aliphatic carbocycles. The zero-order chi connectivity index (χ0) is 20.6. The predicted octanol–water partition coefficient (Wildman–Crippen LogP) is 2.47. The van der Waals surface area contributed by atoms with E-state index < -0.39 is 24.0 Å². The van der Waals surface area contributed by atoms with Crippen molar-refractivity contribution in [2.24, 2.45) is 0 Å². The molecule has 0 saturated heterocycles. The molecule has 148 valence electrons. The molecule has 7 heteroatoms. The van der Waals surface area contributed by atoms with Gasteiger partial charge >= 0.3 is 5.97 Å². The highest BCUT2D eigenvalue weighted by Gasteiger charge is 2.30. The van der Waals surface area contributed by atoms with Gasteiger partial charge in [-0.15, -0.1) is 0 Å². The number of nitrogens with one attached hydrogen (secondary N) is 1. The molecular formula is C22H20N2O5. The van der Waals surface area contributed by atoms with E-state index in [0.717, 1.165) is 5.56 Å². The molecule has 7 nitrogen and oxygen atoms in total. The average molecular weight is 392 g/mol. The lowest BCUT2D eigenvalue weighted by atomic mass is 10.1. The number of aliphatic carboxylic acids is 1. The number of carbonyl (C=O) groups is 2. The van der Waals surface area contributed by atoms with Crippen LogP contribution < -0.4 is 5.32 Å². The summed E-state index contributed by atoms with van der Waals surface area (Å²) < 4.78 is 11.1. The Bertz CT molecular complexity index is 949. The fraction of sp³-hybridized carbons (Fsp3) is 0.227. The summed E-state index contributed by atoms with van der Waals surface area (Å²) in [6.07, 6.45) is 1.24. The van der Waals surface area contributed by atoms with Crippen molar-refractivity contribution in [2.45, 2.75) is 25.2 Å². The summed E-state index contributed by atoms with van der Waals surface area (Å²) in [7, 11) is 0. The lowest BCUT2D eigenvalue weighted by molar-refractivity contribution is -0.145. The molecule has 0 saturated carbocycles. The number of benzene rings is 2. The summed E-state index contributed by atoms with van der Waals surface area (Å²) in [5, 5.41) is 20.8. The average Bonchev–Trinajstić information content (AvgIpc) is 3.24. The number of hydrogen-bond acceptors (Lipinski definition) is 5. The minimum atomic E-state index is -1.18. The fourth-order valence-electron chi connectivity index (χ4n) is 2.86. The van der Waals surface area contributed by atoms with Crippen LogP contribution in [0.3, 0.4) is 0 Å².